The molecule has 0 spiro atoms. The van der Waals surface area contributed by atoms with Crippen LogP contribution in [0.2, 0.25) is 5.02 Å². The Bertz CT molecular complexity index is 363. The van der Waals surface area contributed by atoms with E-state index in [-0.39, 0.29) is 11.1 Å². The molecule has 0 saturated carbocycles. The van der Waals surface area contributed by atoms with Gasteiger partial charge < -0.3 is 10.4 Å². The molecule has 2 nitrogen and oxygen atoms in total. The van der Waals surface area contributed by atoms with Crippen molar-refractivity contribution in [2.75, 3.05) is 6.54 Å². The van der Waals surface area contributed by atoms with Crippen LogP contribution in [0.1, 0.15) is 32.4 Å². The lowest BCUT2D eigenvalue weighted by Crippen LogP contribution is -2.36. The van der Waals surface area contributed by atoms with E-state index in [0.717, 1.165) is 5.56 Å². The fourth-order valence-corrected chi connectivity index (χ4v) is 1.42. The average molecular weight is 246 g/mol. The van der Waals surface area contributed by atoms with Gasteiger partial charge in [0.05, 0.1) is 10.6 Å². The molecule has 1 aromatic carbocycles. The predicted molar refractivity (Wildman–Crippen MR) is 64.1 cm³/mol. The maximum Gasteiger partial charge on any atom is 0.142 e. The van der Waals surface area contributed by atoms with Gasteiger partial charge in [0, 0.05) is 12.6 Å². The van der Waals surface area contributed by atoms with E-state index in [9.17, 15) is 9.50 Å². The number of hydrogen-bond donors (Lipinski definition) is 2. The summed E-state index contributed by atoms with van der Waals surface area (Å²) in [6.07, 6.45) is 0. The highest BCUT2D eigenvalue weighted by atomic mass is 35.5. The molecule has 0 radical (unpaired) electrons. The van der Waals surface area contributed by atoms with Crippen LogP contribution < -0.4 is 5.32 Å². The Morgan fingerprint density at radius 1 is 1.50 bits per heavy atom. The molecule has 0 aliphatic carbocycles. The van der Waals surface area contributed by atoms with Crippen molar-refractivity contribution in [1.29, 1.82) is 0 Å². The van der Waals surface area contributed by atoms with Crippen molar-refractivity contribution in [3.05, 3.63) is 34.6 Å². The number of halogens is 2. The van der Waals surface area contributed by atoms with Crippen molar-refractivity contribution in [3.63, 3.8) is 0 Å². The lowest BCUT2D eigenvalue weighted by atomic mass is 10.1. The molecule has 0 bridgehead atoms. The van der Waals surface area contributed by atoms with Gasteiger partial charge in [0.2, 0.25) is 0 Å². The van der Waals surface area contributed by atoms with Crippen molar-refractivity contribution >= 4 is 11.6 Å². The van der Waals surface area contributed by atoms with Crippen LogP contribution in [0, 0.1) is 5.82 Å². The Labute approximate surface area is 100 Å². The number of benzene rings is 1. The molecule has 0 amide bonds. The SMILES string of the molecule is CC(NCC(C)(C)O)c1ccc(Cl)c(F)c1. The Kier molecular flexibility index (Phi) is 4.30. The van der Waals surface area contributed by atoms with Gasteiger partial charge in [-0.05, 0) is 38.5 Å². The quantitative estimate of drug-likeness (QED) is 0.855. The Hall–Kier alpha value is -0.640. The molecule has 1 atom stereocenters. The summed E-state index contributed by atoms with van der Waals surface area (Å²) in [5.41, 5.74) is 0.0327. The number of aliphatic hydroxyl groups is 1. The first-order chi connectivity index (χ1) is 7.29. The van der Waals surface area contributed by atoms with E-state index >= 15 is 0 Å². The Morgan fingerprint density at radius 3 is 2.62 bits per heavy atom. The van der Waals surface area contributed by atoms with Crippen LogP contribution >= 0.6 is 11.6 Å². The monoisotopic (exact) mass is 245 g/mol. The van der Waals surface area contributed by atoms with Crippen LogP contribution in [0.3, 0.4) is 0 Å². The van der Waals surface area contributed by atoms with E-state index in [1.54, 1.807) is 19.9 Å². The van der Waals surface area contributed by atoms with Crippen LogP contribution in [-0.4, -0.2) is 17.3 Å². The highest BCUT2D eigenvalue weighted by molar-refractivity contribution is 6.30. The van der Waals surface area contributed by atoms with Gasteiger partial charge in [0.1, 0.15) is 5.82 Å². The molecule has 0 saturated heterocycles. The van der Waals surface area contributed by atoms with E-state index in [1.165, 1.54) is 12.1 Å². The summed E-state index contributed by atoms with van der Waals surface area (Å²) in [6, 6.07) is 4.69. The summed E-state index contributed by atoms with van der Waals surface area (Å²) in [6.45, 7) is 5.79. The van der Waals surface area contributed by atoms with Crippen LogP contribution in [0.25, 0.3) is 0 Å². The van der Waals surface area contributed by atoms with Crippen LogP contribution in [-0.2, 0) is 0 Å². The van der Waals surface area contributed by atoms with Gasteiger partial charge in [-0.15, -0.1) is 0 Å². The summed E-state index contributed by atoms with van der Waals surface area (Å²) in [4.78, 5) is 0. The van der Waals surface area contributed by atoms with E-state index in [0.29, 0.717) is 6.54 Å². The van der Waals surface area contributed by atoms with Crippen LogP contribution in [0.15, 0.2) is 18.2 Å². The third kappa shape index (κ3) is 4.08. The third-order valence-electron chi connectivity index (χ3n) is 2.28. The molecular weight excluding hydrogens is 229 g/mol. The molecule has 0 aliphatic rings. The lowest BCUT2D eigenvalue weighted by molar-refractivity contribution is 0.0770. The van der Waals surface area contributed by atoms with E-state index in [1.807, 2.05) is 6.92 Å². The molecule has 0 heterocycles. The van der Waals surface area contributed by atoms with Crippen molar-refractivity contribution in [1.82, 2.24) is 5.32 Å². The van der Waals surface area contributed by atoms with Crippen LogP contribution in [0.5, 0.6) is 0 Å². The minimum atomic E-state index is -0.779. The molecule has 1 unspecified atom stereocenters. The molecule has 1 rings (SSSR count). The molecule has 1 aromatic rings. The van der Waals surface area contributed by atoms with Gasteiger partial charge in [-0.3, -0.25) is 0 Å². The molecular formula is C12H17ClFNO. The third-order valence-corrected chi connectivity index (χ3v) is 2.59. The van der Waals surface area contributed by atoms with Gasteiger partial charge in [0.15, 0.2) is 0 Å². The minimum absolute atomic E-state index is 0.0295. The summed E-state index contributed by atoms with van der Waals surface area (Å²) in [5, 5.41) is 12.8. The van der Waals surface area contributed by atoms with Gasteiger partial charge in [-0.1, -0.05) is 17.7 Å². The van der Waals surface area contributed by atoms with Gasteiger partial charge in [-0.2, -0.15) is 0 Å². The maximum atomic E-state index is 13.2. The van der Waals surface area contributed by atoms with Crippen molar-refractivity contribution in [2.45, 2.75) is 32.4 Å². The van der Waals surface area contributed by atoms with Crippen LogP contribution in [0.4, 0.5) is 4.39 Å². The molecule has 16 heavy (non-hydrogen) atoms. The smallest absolute Gasteiger partial charge is 0.142 e. The molecule has 2 N–H and O–H groups in total. The zero-order valence-electron chi connectivity index (χ0n) is 9.72. The van der Waals surface area contributed by atoms with E-state index in [2.05, 4.69) is 5.32 Å². The summed E-state index contributed by atoms with van der Waals surface area (Å²) in [5.74, 6) is -0.420. The fourth-order valence-electron chi connectivity index (χ4n) is 1.30. The molecule has 4 heteroatoms. The molecule has 0 aliphatic heterocycles. The van der Waals surface area contributed by atoms with Gasteiger partial charge >= 0.3 is 0 Å². The molecule has 0 aromatic heterocycles. The second-order valence-electron chi connectivity index (χ2n) is 4.59. The van der Waals surface area contributed by atoms with E-state index < -0.39 is 11.4 Å². The minimum Gasteiger partial charge on any atom is -0.389 e. The second kappa shape index (κ2) is 5.13. The highest BCUT2D eigenvalue weighted by Crippen LogP contribution is 2.20. The van der Waals surface area contributed by atoms with Crippen molar-refractivity contribution in [2.24, 2.45) is 0 Å². The fraction of sp³-hybridized carbons (Fsp3) is 0.500. The topological polar surface area (TPSA) is 32.3 Å². The largest absolute Gasteiger partial charge is 0.389 e. The summed E-state index contributed by atoms with van der Waals surface area (Å²) < 4.78 is 13.2. The summed E-state index contributed by atoms with van der Waals surface area (Å²) >= 11 is 5.60. The zero-order valence-corrected chi connectivity index (χ0v) is 10.5. The standard InChI is InChI=1S/C12H17ClFNO/c1-8(15-7-12(2,3)16)9-4-5-10(13)11(14)6-9/h4-6,8,15-16H,7H2,1-3H3. The van der Waals surface area contributed by atoms with Crippen molar-refractivity contribution < 1.29 is 9.50 Å². The van der Waals surface area contributed by atoms with Gasteiger partial charge in [-0.25, -0.2) is 4.39 Å². The predicted octanol–water partition coefficient (Wildman–Crippen LogP) is 2.90. The highest BCUT2D eigenvalue weighted by Gasteiger charge is 2.15. The summed E-state index contributed by atoms with van der Waals surface area (Å²) in [7, 11) is 0. The Balaban J connectivity index is 2.66. The van der Waals surface area contributed by atoms with Gasteiger partial charge in [0.25, 0.3) is 0 Å². The zero-order chi connectivity index (χ0) is 12.3. The first-order valence-electron chi connectivity index (χ1n) is 5.20. The average Bonchev–Trinajstić information content (AvgIpc) is 2.17. The Morgan fingerprint density at radius 2 is 2.12 bits per heavy atom. The number of hydrogen-bond acceptors (Lipinski definition) is 2. The first-order valence-corrected chi connectivity index (χ1v) is 5.58. The first kappa shape index (κ1) is 13.4. The maximum absolute atomic E-state index is 13.2. The van der Waals surface area contributed by atoms with E-state index in [4.69, 9.17) is 11.6 Å². The molecule has 0 fully saturated rings. The van der Waals surface area contributed by atoms with Crippen molar-refractivity contribution in [3.8, 4) is 0 Å². The lowest BCUT2D eigenvalue weighted by Gasteiger charge is -2.22. The number of rotatable bonds is 4. The second-order valence-corrected chi connectivity index (χ2v) is 5.00. The molecule has 90 valence electrons. The normalized spacial score (nSPS) is 13.9. The number of nitrogens with one attached hydrogen (secondary N) is 1.